The van der Waals surface area contributed by atoms with E-state index in [2.05, 4.69) is 15.8 Å². The number of aryl methyl sites for hydroxylation is 1. The molecule has 3 nitrogen and oxygen atoms in total. The van der Waals surface area contributed by atoms with Gasteiger partial charge in [0.05, 0.1) is 16.4 Å². The minimum Gasteiger partial charge on any atom is -0.344 e. The number of nitrogens with one attached hydrogen (secondary N) is 1. The third-order valence-corrected chi connectivity index (χ3v) is 3.28. The summed E-state index contributed by atoms with van der Waals surface area (Å²) < 4.78 is 4.13. The summed E-state index contributed by atoms with van der Waals surface area (Å²) >= 11 is 7.28. The van der Waals surface area contributed by atoms with Crippen molar-refractivity contribution in [3.05, 3.63) is 40.5 Å². The number of para-hydroxylation sites is 1. The zero-order valence-corrected chi connectivity index (χ0v) is 10.1. The third-order valence-electron chi connectivity index (χ3n) is 2.10. The van der Waals surface area contributed by atoms with Crippen LogP contribution in [-0.4, -0.2) is 4.37 Å². The lowest BCUT2D eigenvalue weighted by Crippen LogP contribution is -1.90. The van der Waals surface area contributed by atoms with Crippen LogP contribution in [0, 0.1) is 18.3 Å². The van der Waals surface area contributed by atoms with Crippen molar-refractivity contribution in [1.82, 2.24) is 4.37 Å². The van der Waals surface area contributed by atoms with E-state index in [0.29, 0.717) is 10.6 Å². The van der Waals surface area contributed by atoms with Crippen molar-refractivity contribution in [2.45, 2.75) is 6.92 Å². The largest absolute Gasteiger partial charge is 0.344 e. The Morgan fingerprint density at radius 2 is 2.19 bits per heavy atom. The molecule has 80 valence electrons. The van der Waals surface area contributed by atoms with Crippen LogP contribution < -0.4 is 5.32 Å². The maximum Gasteiger partial charge on any atom is 0.132 e. The Balaban J connectivity index is 2.35. The van der Waals surface area contributed by atoms with Crippen LogP contribution in [0.4, 0.5) is 10.7 Å². The van der Waals surface area contributed by atoms with E-state index < -0.39 is 0 Å². The molecule has 16 heavy (non-hydrogen) atoms. The number of hydrogen-bond donors (Lipinski definition) is 1. The maximum atomic E-state index is 8.98. The zero-order valence-electron chi connectivity index (χ0n) is 8.49. The number of halogens is 1. The summed E-state index contributed by atoms with van der Waals surface area (Å²) in [6.07, 6.45) is 0. The SMILES string of the molecule is Cc1nsc(Nc2ccccc2Cl)c1C#N. The predicted molar refractivity (Wildman–Crippen MR) is 66.3 cm³/mol. The van der Waals surface area contributed by atoms with E-state index in [-0.39, 0.29) is 0 Å². The van der Waals surface area contributed by atoms with Crippen LogP contribution in [0.2, 0.25) is 5.02 Å². The summed E-state index contributed by atoms with van der Waals surface area (Å²) in [5.74, 6) is 0. The molecule has 0 amide bonds. The smallest absolute Gasteiger partial charge is 0.132 e. The quantitative estimate of drug-likeness (QED) is 0.883. The molecule has 2 rings (SSSR count). The highest BCUT2D eigenvalue weighted by atomic mass is 35.5. The van der Waals surface area contributed by atoms with Crippen molar-refractivity contribution in [3.63, 3.8) is 0 Å². The van der Waals surface area contributed by atoms with Gasteiger partial charge in [-0.05, 0) is 30.6 Å². The molecule has 2 aromatic rings. The molecule has 0 fully saturated rings. The zero-order chi connectivity index (χ0) is 11.5. The molecule has 1 N–H and O–H groups in total. The lowest BCUT2D eigenvalue weighted by atomic mass is 10.2. The van der Waals surface area contributed by atoms with Gasteiger partial charge in [0.15, 0.2) is 0 Å². The Morgan fingerprint density at radius 3 is 2.88 bits per heavy atom. The van der Waals surface area contributed by atoms with E-state index in [9.17, 15) is 0 Å². The van der Waals surface area contributed by atoms with Crippen LogP contribution in [0.5, 0.6) is 0 Å². The van der Waals surface area contributed by atoms with Crippen LogP contribution in [0.1, 0.15) is 11.3 Å². The standard InChI is InChI=1S/C11H8ClN3S/c1-7-8(6-13)11(16-15-7)14-10-5-3-2-4-9(10)12/h2-5,14H,1H3. The molecular weight excluding hydrogens is 242 g/mol. The highest BCUT2D eigenvalue weighted by Gasteiger charge is 2.10. The topological polar surface area (TPSA) is 48.7 Å². The van der Waals surface area contributed by atoms with Crippen LogP contribution in [-0.2, 0) is 0 Å². The summed E-state index contributed by atoms with van der Waals surface area (Å²) in [5.41, 5.74) is 2.09. The van der Waals surface area contributed by atoms with E-state index in [4.69, 9.17) is 16.9 Å². The van der Waals surface area contributed by atoms with E-state index in [1.807, 2.05) is 25.1 Å². The van der Waals surface area contributed by atoms with Gasteiger partial charge in [0.2, 0.25) is 0 Å². The molecule has 5 heteroatoms. The van der Waals surface area contributed by atoms with Gasteiger partial charge in [-0.1, -0.05) is 23.7 Å². The molecule has 1 aromatic heterocycles. The van der Waals surface area contributed by atoms with Gasteiger partial charge in [0.1, 0.15) is 16.6 Å². The van der Waals surface area contributed by atoms with Crippen molar-refractivity contribution in [2.75, 3.05) is 5.32 Å². The molecule has 0 atom stereocenters. The number of nitriles is 1. The first-order valence-electron chi connectivity index (χ1n) is 4.60. The minimum absolute atomic E-state index is 0.574. The van der Waals surface area contributed by atoms with E-state index in [1.54, 1.807) is 6.07 Å². The van der Waals surface area contributed by atoms with E-state index >= 15 is 0 Å². The molecule has 0 unspecified atom stereocenters. The lowest BCUT2D eigenvalue weighted by Gasteiger charge is -2.05. The summed E-state index contributed by atoms with van der Waals surface area (Å²) in [4.78, 5) is 0. The summed E-state index contributed by atoms with van der Waals surface area (Å²) in [5, 5.41) is 13.4. The first-order chi connectivity index (χ1) is 7.72. The first-order valence-corrected chi connectivity index (χ1v) is 5.75. The van der Waals surface area contributed by atoms with Gasteiger partial charge in [0.25, 0.3) is 0 Å². The summed E-state index contributed by atoms with van der Waals surface area (Å²) in [6.45, 7) is 1.81. The number of rotatable bonds is 2. The van der Waals surface area contributed by atoms with Crippen LogP contribution in [0.15, 0.2) is 24.3 Å². The van der Waals surface area contributed by atoms with E-state index in [0.717, 1.165) is 16.4 Å². The van der Waals surface area contributed by atoms with Crippen molar-refractivity contribution < 1.29 is 0 Å². The fourth-order valence-corrected chi connectivity index (χ4v) is 2.21. The second-order valence-electron chi connectivity index (χ2n) is 3.19. The molecule has 1 heterocycles. The predicted octanol–water partition coefficient (Wildman–Crippen LogP) is 3.72. The molecule has 1 aromatic carbocycles. The van der Waals surface area contributed by atoms with Gasteiger partial charge in [-0.2, -0.15) is 9.64 Å². The maximum absolute atomic E-state index is 8.98. The number of aromatic nitrogens is 1. The fourth-order valence-electron chi connectivity index (χ4n) is 1.27. The Morgan fingerprint density at radius 1 is 1.44 bits per heavy atom. The second kappa shape index (κ2) is 4.52. The average molecular weight is 250 g/mol. The molecule has 0 spiro atoms. The Hall–Kier alpha value is -1.57. The van der Waals surface area contributed by atoms with Gasteiger partial charge in [-0.15, -0.1) is 0 Å². The molecule has 0 bridgehead atoms. The molecular formula is C11H8ClN3S. The molecule has 0 saturated carbocycles. The number of anilines is 2. The highest BCUT2D eigenvalue weighted by molar-refractivity contribution is 7.10. The Bertz CT molecular complexity index is 557. The number of nitrogens with zero attached hydrogens (tertiary/aromatic N) is 2. The normalized spacial score (nSPS) is 9.81. The Labute approximate surface area is 102 Å². The Kier molecular flexibility index (Phi) is 3.09. The van der Waals surface area contributed by atoms with Crippen LogP contribution in [0.3, 0.4) is 0 Å². The van der Waals surface area contributed by atoms with Gasteiger partial charge in [0, 0.05) is 0 Å². The van der Waals surface area contributed by atoms with Crippen molar-refractivity contribution in [1.29, 1.82) is 5.26 Å². The van der Waals surface area contributed by atoms with Gasteiger partial charge >= 0.3 is 0 Å². The molecule has 0 aliphatic rings. The third kappa shape index (κ3) is 2.01. The monoisotopic (exact) mass is 249 g/mol. The molecule has 0 aliphatic heterocycles. The highest BCUT2D eigenvalue weighted by Crippen LogP contribution is 2.30. The molecule has 0 saturated heterocycles. The number of hydrogen-bond acceptors (Lipinski definition) is 4. The van der Waals surface area contributed by atoms with Gasteiger partial charge < -0.3 is 5.32 Å². The van der Waals surface area contributed by atoms with Crippen molar-refractivity contribution >= 4 is 33.8 Å². The summed E-state index contributed by atoms with van der Waals surface area (Å²) in [7, 11) is 0. The second-order valence-corrected chi connectivity index (χ2v) is 4.37. The minimum atomic E-state index is 0.574. The first kappa shape index (κ1) is 10.9. The fraction of sp³-hybridized carbons (Fsp3) is 0.0909. The molecule has 0 radical (unpaired) electrons. The van der Waals surface area contributed by atoms with Gasteiger partial charge in [-0.3, -0.25) is 0 Å². The van der Waals surface area contributed by atoms with Crippen LogP contribution in [0.25, 0.3) is 0 Å². The average Bonchev–Trinajstić information content (AvgIpc) is 2.63. The van der Waals surface area contributed by atoms with E-state index in [1.165, 1.54) is 11.5 Å². The van der Waals surface area contributed by atoms with Gasteiger partial charge in [-0.25, -0.2) is 0 Å². The number of benzene rings is 1. The van der Waals surface area contributed by atoms with Crippen LogP contribution >= 0.6 is 23.1 Å². The lowest BCUT2D eigenvalue weighted by molar-refractivity contribution is 1.31. The summed E-state index contributed by atoms with van der Waals surface area (Å²) in [6, 6.07) is 9.52. The molecule has 0 aliphatic carbocycles. The van der Waals surface area contributed by atoms with Crippen molar-refractivity contribution in [3.8, 4) is 6.07 Å². The van der Waals surface area contributed by atoms with Crippen molar-refractivity contribution in [2.24, 2.45) is 0 Å².